The van der Waals surface area contributed by atoms with Crippen molar-refractivity contribution in [1.29, 1.82) is 0 Å². The Balaban J connectivity index is 3.04. The van der Waals surface area contributed by atoms with Crippen LogP contribution in [0.4, 0.5) is 0 Å². The van der Waals surface area contributed by atoms with E-state index in [0.717, 1.165) is 5.69 Å². The molecule has 0 spiro atoms. The molecule has 0 aromatic carbocycles. The van der Waals surface area contributed by atoms with Crippen LogP contribution in [0.5, 0.6) is 0 Å². The fourth-order valence-corrected chi connectivity index (χ4v) is 1.40. The minimum Gasteiger partial charge on any atom is -0.378 e. The minimum absolute atomic E-state index is 0.141. The third-order valence-corrected chi connectivity index (χ3v) is 1.99. The van der Waals surface area contributed by atoms with Crippen molar-refractivity contribution in [2.45, 2.75) is 32.8 Å². The van der Waals surface area contributed by atoms with Crippen molar-refractivity contribution in [2.24, 2.45) is 7.05 Å². The van der Waals surface area contributed by atoms with Gasteiger partial charge in [0.1, 0.15) is 0 Å². The number of hydrogen-bond acceptors (Lipinski definition) is 2. The van der Waals surface area contributed by atoms with Crippen LogP contribution in [0.1, 0.15) is 32.0 Å². The summed E-state index contributed by atoms with van der Waals surface area (Å²) in [5, 5.41) is 4.36. The standard InChI is InChI=1S/C10H18N2O/c1-10(2,3)8-6-12(4)11-9(8)7-13-5/h6H,7H2,1-5H3. The Morgan fingerprint density at radius 1 is 1.46 bits per heavy atom. The number of aromatic nitrogens is 2. The maximum absolute atomic E-state index is 5.10. The molecule has 74 valence electrons. The summed E-state index contributed by atoms with van der Waals surface area (Å²) in [6.45, 7) is 7.14. The number of aryl methyl sites for hydroxylation is 1. The highest BCUT2D eigenvalue weighted by Crippen LogP contribution is 2.25. The molecule has 0 unspecified atom stereocenters. The average Bonchev–Trinajstić information content (AvgIpc) is 2.30. The van der Waals surface area contributed by atoms with Crippen molar-refractivity contribution in [2.75, 3.05) is 7.11 Å². The molecule has 0 fully saturated rings. The van der Waals surface area contributed by atoms with E-state index in [-0.39, 0.29) is 5.41 Å². The van der Waals surface area contributed by atoms with Gasteiger partial charge < -0.3 is 4.74 Å². The lowest BCUT2D eigenvalue weighted by atomic mass is 9.87. The summed E-state index contributed by atoms with van der Waals surface area (Å²) in [5.74, 6) is 0. The van der Waals surface area contributed by atoms with Gasteiger partial charge in [0.25, 0.3) is 0 Å². The Hall–Kier alpha value is -0.830. The highest BCUT2D eigenvalue weighted by atomic mass is 16.5. The molecule has 0 saturated carbocycles. The first-order chi connectivity index (χ1) is 5.95. The molecular formula is C10H18N2O. The predicted octanol–water partition coefficient (Wildman–Crippen LogP) is 1.86. The van der Waals surface area contributed by atoms with Gasteiger partial charge in [-0.15, -0.1) is 0 Å². The summed E-state index contributed by atoms with van der Waals surface area (Å²) in [4.78, 5) is 0. The van der Waals surface area contributed by atoms with Gasteiger partial charge in [0.15, 0.2) is 0 Å². The van der Waals surface area contributed by atoms with E-state index in [2.05, 4.69) is 32.1 Å². The van der Waals surface area contributed by atoms with Crippen molar-refractivity contribution >= 4 is 0 Å². The van der Waals surface area contributed by atoms with Gasteiger partial charge in [-0.1, -0.05) is 20.8 Å². The zero-order chi connectivity index (χ0) is 10.1. The zero-order valence-corrected chi connectivity index (χ0v) is 9.09. The van der Waals surface area contributed by atoms with Gasteiger partial charge in [-0.3, -0.25) is 4.68 Å². The molecule has 1 rings (SSSR count). The van der Waals surface area contributed by atoms with Gasteiger partial charge in [-0.05, 0) is 5.41 Å². The normalized spacial score (nSPS) is 12.1. The number of methoxy groups -OCH3 is 1. The molecule has 0 aliphatic rings. The highest BCUT2D eigenvalue weighted by Gasteiger charge is 2.20. The molecule has 1 aromatic heterocycles. The van der Waals surface area contributed by atoms with Crippen molar-refractivity contribution in [3.63, 3.8) is 0 Å². The molecule has 0 atom stereocenters. The smallest absolute Gasteiger partial charge is 0.0918 e. The molecular weight excluding hydrogens is 164 g/mol. The van der Waals surface area contributed by atoms with Crippen LogP contribution in [0.3, 0.4) is 0 Å². The fourth-order valence-electron chi connectivity index (χ4n) is 1.40. The van der Waals surface area contributed by atoms with E-state index in [4.69, 9.17) is 4.74 Å². The van der Waals surface area contributed by atoms with Crippen LogP contribution in [0.2, 0.25) is 0 Å². The molecule has 0 aliphatic carbocycles. The number of ether oxygens (including phenoxy) is 1. The van der Waals surface area contributed by atoms with Crippen molar-refractivity contribution in [1.82, 2.24) is 9.78 Å². The van der Waals surface area contributed by atoms with E-state index >= 15 is 0 Å². The lowest BCUT2D eigenvalue weighted by Crippen LogP contribution is -2.13. The Kier molecular flexibility index (Phi) is 2.76. The second-order valence-electron chi connectivity index (χ2n) is 4.35. The Morgan fingerprint density at radius 2 is 2.08 bits per heavy atom. The molecule has 13 heavy (non-hydrogen) atoms. The van der Waals surface area contributed by atoms with E-state index < -0.39 is 0 Å². The summed E-state index contributed by atoms with van der Waals surface area (Å²) >= 11 is 0. The lowest BCUT2D eigenvalue weighted by molar-refractivity contribution is 0.179. The topological polar surface area (TPSA) is 27.1 Å². The van der Waals surface area contributed by atoms with Crippen LogP contribution in [-0.4, -0.2) is 16.9 Å². The van der Waals surface area contributed by atoms with Gasteiger partial charge in [0.05, 0.1) is 12.3 Å². The van der Waals surface area contributed by atoms with Crippen LogP contribution >= 0.6 is 0 Å². The zero-order valence-electron chi connectivity index (χ0n) is 9.09. The molecule has 1 heterocycles. The number of rotatable bonds is 2. The van der Waals surface area contributed by atoms with Crippen molar-refractivity contribution in [3.8, 4) is 0 Å². The van der Waals surface area contributed by atoms with Crippen molar-refractivity contribution < 1.29 is 4.74 Å². The predicted molar refractivity (Wildman–Crippen MR) is 52.6 cm³/mol. The molecule has 0 radical (unpaired) electrons. The molecule has 3 heteroatoms. The molecule has 0 N–H and O–H groups in total. The quantitative estimate of drug-likeness (QED) is 0.698. The van der Waals surface area contributed by atoms with Gasteiger partial charge in [-0.25, -0.2) is 0 Å². The SMILES string of the molecule is COCc1nn(C)cc1C(C)(C)C. The van der Waals surface area contributed by atoms with Crippen LogP contribution in [-0.2, 0) is 23.8 Å². The highest BCUT2D eigenvalue weighted by molar-refractivity contribution is 5.24. The van der Waals surface area contributed by atoms with Crippen LogP contribution in [0.25, 0.3) is 0 Å². The third kappa shape index (κ3) is 2.31. The van der Waals surface area contributed by atoms with Crippen LogP contribution in [0, 0.1) is 0 Å². The maximum Gasteiger partial charge on any atom is 0.0918 e. The number of nitrogens with zero attached hydrogens (tertiary/aromatic N) is 2. The second kappa shape index (κ2) is 3.50. The molecule has 0 bridgehead atoms. The van der Waals surface area contributed by atoms with Gasteiger partial charge in [-0.2, -0.15) is 5.10 Å². The molecule has 0 aliphatic heterocycles. The van der Waals surface area contributed by atoms with Gasteiger partial charge >= 0.3 is 0 Å². The Morgan fingerprint density at radius 3 is 2.54 bits per heavy atom. The second-order valence-corrected chi connectivity index (χ2v) is 4.35. The summed E-state index contributed by atoms with van der Waals surface area (Å²) in [7, 11) is 3.63. The van der Waals surface area contributed by atoms with E-state index in [9.17, 15) is 0 Å². The van der Waals surface area contributed by atoms with Crippen LogP contribution < -0.4 is 0 Å². The van der Waals surface area contributed by atoms with E-state index in [0.29, 0.717) is 6.61 Å². The number of hydrogen-bond donors (Lipinski definition) is 0. The molecule has 0 saturated heterocycles. The van der Waals surface area contributed by atoms with E-state index in [1.165, 1.54) is 5.56 Å². The Bertz CT molecular complexity index is 284. The monoisotopic (exact) mass is 182 g/mol. The third-order valence-electron chi connectivity index (χ3n) is 1.99. The Labute approximate surface area is 79.7 Å². The molecule has 0 amide bonds. The summed E-state index contributed by atoms with van der Waals surface area (Å²) < 4.78 is 6.94. The first kappa shape index (κ1) is 10.3. The van der Waals surface area contributed by atoms with E-state index in [1.54, 1.807) is 7.11 Å². The van der Waals surface area contributed by atoms with Gasteiger partial charge in [0, 0.05) is 25.9 Å². The summed E-state index contributed by atoms with van der Waals surface area (Å²) in [5.41, 5.74) is 2.44. The van der Waals surface area contributed by atoms with Crippen molar-refractivity contribution in [3.05, 3.63) is 17.5 Å². The van der Waals surface area contributed by atoms with Crippen LogP contribution in [0.15, 0.2) is 6.20 Å². The average molecular weight is 182 g/mol. The summed E-state index contributed by atoms with van der Waals surface area (Å²) in [6.07, 6.45) is 2.06. The summed E-state index contributed by atoms with van der Waals surface area (Å²) in [6, 6.07) is 0. The van der Waals surface area contributed by atoms with E-state index in [1.807, 2.05) is 11.7 Å². The first-order valence-corrected chi connectivity index (χ1v) is 4.47. The fraction of sp³-hybridized carbons (Fsp3) is 0.700. The largest absolute Gasteiger partial charge is 0.378 e. The molecule has 3 nitrogen and oxygen atoms in total. The lowest BCUT2D eigenvalue weighted by Gasteiger charge is -2.17. The first-order valence-electron chi connectivity index (χ1n) is 4.47. The molecule has 1 aromatic rings. The van der Waals surface area contributed by atoms with Gasteiger partial charge in [0.2, 0.25) is 0 Å². The maximum atomic E-state index is 5.10. The minimum atomic E-state index is 0.141.